The lowest BCUT2D eigenvalue weighted by atomic mass is 9.86. The van der Waals surface area contributed by atoms with Crippen LogP contribution in [-0.4, -0.2) is 40.7 Å². The van der Waals surface area contributed by atoms with Crippen LogP contribution in [0.25, 0.3) is 0 Å². The number of anilines is 1. The topological polar surface area (TPSA) is 98.7 Å². The molecule has 0 unspecified atom stereocenters. The highest BCUT2D eigenvalue weighted by Gasteiger charge is 2.27. The first-order valence-corrected chi connectivity index (χ1v) is 7.64. The van der Waals surface area contributed by atoms with E-state index in [0.717, 1.165) is 15.6 Å². The zero-order valence-electron chi connectivity index (χ0n) is 12.8. The molecule has 0 bridgehead atoms. The second-order valence-electron chi connectivity index (χ2n) is 6.39. The summed E-state index contributed by atoms with van der Waals surface area (Å²) in [7, 11) is 0. The fourth-order valence-corrected chi connectivity index (χ4v) is 2.95. The molecule has 1 rings (SSSR count). The van der Waals surface area contributed by atoms with Crippen molar-refractivity contribution in [2.24, 2.45) is 0 Å². The van der Waals surface area contributed by atoms with Crippen LogP contribution in [0.2, 0.25) is 0 Å². The maximum atomic E-state index is 9.31. The fourth-order valence-electron chi connectivity index (χ4n) is 1.96. The van der Waals surface area contributed by atoms with E-state index in [1.165, 1.54) is 0 Å². The molecule has 1 aromatic carbocycles. The van der Waals surface area contributed by atoms with Crippen molar-refractivity contribution >= 4 is 21.6 Å². The van der Waals surface area contributed by atoms with E-state index < -0.39 is 5.54 Å². The van der Waals surface area contributed by atoms with E-state index in [1.54, 1.807) is 0 Å². The lowest BCUT2D eigenvalue weighted by Gasteiger charge is -2.29. The summed E-state index contributed by atoms with van der Waals surface area (Å²) in [6.07, 6.45) is 0. The van der Waals surface area contributed by atoms with Gasteiger partial charge >= 0.3 is 0 Å². The molecule has 120 valence electrons. The van der Waals surface area contributed by atoms with Gasteiger partial charge in [-0.1, -0.05) is 36.7 Å². The summed E-state index contributed by atoms with van der Waals surface area (Å²) in [5.74, 6) is 0. The van der Waals surface area contributed by atoms with Gasteiger partial charge in [-0.3, -0.25) is 0 Å². The van der Waals surface area contributed by atoms with Crippen LogP contribution in [-0.2, 0) is 12.0 Å². The molecule has 0 saturated carbocycles. The van der Waals surface area contributed by atoms with Crippen molar-refractivity contribution in [3.05, 3.63) is 27.7 Å². The maximum Gasteiger partial charge on any atom is 0.0884 e. The van der Waals surface area contributed by atoms with E-state index in [1.807, 2.05) is 12.1 Å². The standard InChI is InChI=1S/C15H25BrN2O3/c1-14(2,3)11-5-13(17)10(4-12(11)16)6-18-15(7-19,8-20)9-21/h4-5,18-21H,6-9,17H2,1-3H3. The van der Waals surface area contributed by atoms with E-state index in [0.29, 0.717) is 12.2 Å². The molecular weight excluding hydrogens is 336 g/mol. The number of aliphatic hydroxyl groups excluding tert-OH is 3. The Morgan fingerprint density at radius 1 is 1.10 bits per heavy atom. The number of hydrogen-bond acceptors (Lipinski definition) is 5. The Balaban J connectivity index is 2.99. The molecule has 0 aromatic heterocycles. The summed E-state index contributed by atoms with van der Waals surface area (Å²) < 4.78 is 0.962. The van der Waals surface area contributed by atoms with Crippen LogP contribution < -0.4 is 11.1 Å². The number of nitrogen functional groups attached to an aromatic ring is 1. The minimum Gasteiger partial charge on any atom is -0.398 e. The van der Waals surface area contributed by atoms with Gasteiger partial charge < -0.3 is 26.4 Å². The van der Waals surface area contributed by atoms with E-state index in [-0.39, 0.29) is 25.2 Å². The smallest absolute Gasteiger partial charge is 0.0884 e. The monoisotopic (exact) mass is 360 g/mol. The van der Waals surface area contributed by atoms with Crippen molar-refractivity contribution < 1.29 is 15.3 Å². The van der Waals surface area contributed by atoms with Crippen LogP contribution in [0.1, 0.15) is 31.9 Å². The summed E-state index contributed by atoms with van der Waals surface area (Å²) in [5, 5.41) is 30.9. The summed E-state index contributed by atoms with van der Waals surface area (Å²) in [6, 6.07) is 3.86. The van der Waals surface area contributed by atoms with Crippen LogP contribution in [0.4, 0.5) is 5.69 Å². The van der Waals surface area contributed by atoms with Gasteiger partial charge in [-0.25, -0.2) is 0 Å². The predicted molar refractivity (Wildman–Crippen MR) is 88.1 cm³/mol. The Labute approximate surface area is 134 Å². The van der Waals surface area contributed by atoms with Gasteiger partial charge in [0.05, 0.1) is 25.4 Å². The van der Waals surface area contributed by atoms with Crippen molar-refractivity contribution in [1.82, 2.24) is 5.32 Å². The predicted octanol–water partition coefficient (Wildman–Crippen LogP) is 1.13. The molecule has 6 N–H and O–H groups in total. The summed E-state index contributed by atoms with van der Waals surface area (Å²) >= 11 is 3.56. The molecule has 0 radical (unpaired) electrons. The average Bonchev–Trinajstić information content (AvgIpc) is 2.43. The molecule has 6 heteroatoms. The zero-order valence-corrected chi connectivity index (χ0v) is 14.4. The SMILES string of the molecule is CC(C)(C)c1cc(N)c(CNC(CO)(CO)CO)cc1Br. The third-order valence-corrected chi connectivity index (χ3v) is 4.25. The lowest BCUT2D eigenvalue weighted by molar-refractivity contribution is 0.0414. The van der Waals surface area contributed by atoms with Gasteiger partial charge in [-0.15, -0.1) is 0 Å². The lowest BCUT2D eigenvalue weighted by Crippen LogP contribution is -2.54. The number of nitrogens with one attached hydrogen (secondary N) is 1. The number of rotatable bonds is 6. The Morgan fingerprint density at radius 3 is 2.05 bits per heavy atom. The summed E-state index contributed by atoms with van der Waals surface area (Å²) in [5.41, 5.74) is 7.55. The van der Waals surface area contributed by atoms with Crippen LogP contribution in [0.5, 0.6) is 0 Å². The quantitative estimate of drug-likeness (QED) is 0.490. The average molecular weight is 361 g/mol. The Hall–Kier alpha value is -0.660. The van der Waals surface area contributed by atoms with E-state index in [4.69, 9.17) is 5.73 Å². The third kappa shape index (κ3) is 4.40. The van der Waals surface area contributed by atoms with Crippen molar-refractivity contribution in [1.29, 1.82) is 0 Å². The van der Waals surface area contributed by atoms with Crippen LogP contribution in [0.15, 0.2) is 16.6 Å². The second-order valence-corrected chi connectivity index (χ2v) is 7.24. The van der Waals surface area contributed by atoms with Gasteiger partial charge in [0.1, 0.15) is 0 Å². The number of benzene rings is 1. The largest absolute Gasteiger partial charge is 0.398 e. The molecule has 0 heterocycles. The molecule has 0 aliphatic heterocycles. The van der Waals surface area contributed by atoms with Gasteiger partial charge in [0.25, 0.3) is 0 Å². The third-order valence-electron chi connectivity index (χ3n) is 3.60. The van der Waals surface area contributed by atoms with Gasteiger partial charge in [0.15, 0.2) is 0 Å². The Morgan fingerprint density at radius 2 is 1.62 bits per heavy atom. The molecule has 0 atom stereocenters. The van der Waals surface area contributed by atoms with Gasteiger partial charge in [-0.05, 0) is 28.7 Å². The minimum absolute atomic E-state index is 0.0238. The molecule has 0 fully saturated rings. The Kier molecular flexibility index (Phi) is 6.19. The molecule has 0 aliphatic rings. The molecule has 1 aromatic rings. The van der Waals surface area contributed by atoms with Crippen LogP contribution in [0, 0.1) is 0 Å². The molecule has 0 spiro atoms. The molecule has 0 saturated heterocycles. The molecule has 5 nitrogen and oxygen atoms in total. The highest BCUT2D eigenvalue weighted by molar-refractivity contribution is 9.10. The van der Waals surface area contributed by atoms with E-state index >= 15 is 0 Å². The van der Waals surface area contributed by atoms with Gasteiger partial charge in [0, 0.05) is 16.7 Å². The van der Waals surface area contributed by atoms with Gasteiger partial charge in [0.2, 0.25) is 0 Å². The molecule has 0 amide bonds. The number of nitrogens with two attached hydrogens (primary N) is 1. The highest BCUT2D eigenvalue weighted by Crippen LogP contribution is 2.33. The minimum atomic E-state index is -1.11. The molecule has 21 heavy (non-hydrogen) atoms. The summed E-state index contributed by atoms with van der Waals surface area (Å²) in [4.78, 5) is 0. The van der Waals surface area contributed by atoms with E-state index in [2.05, 4.69) is 42.0 Å². The number of aliphatic hydroxyl groups is 3. The van der Waals surface area contributed by atoms with Crippen molar-refractivity contribution in [2.75, 3.05) is 25.6 Å². The number of hydrogen-bond donors (Lipinski definition) is 5. The van der Waals surface area contributed by atoms with Crippen molar-refractivity contribution in [2.45, 2.75) is 38.3 Å². The molecule has 0 aliphatic carbocycles. The first-order chi connectivity index (χ1) is 9.69. The normalized spacial score (nSPS) is 12.7. The summed E-state index contributed by atoms with van der Waals surface area (Å²) in [6.45, 7) is 5.59. The first kappa shape index (κ1) is 18.4. The fraction of sp³-hybridized carbons (Fsp3) is 0.600. The van der Waals surface area contributed by atoms with Crippen LogP contribution in [0.3, 0.4) is 0 Å². The second kappa shape index (κ2) is 7.07. The van der Waals surface area contributed by atoms with Crippen molar-refractivity contribution in [3.8, 4) is 0 Å². The van der Waals surface area contributed by atoms with Gasteiger partial charge in [-0.2, -0.15) is 0 Å². The highest BCUT2D eigenvalue weighted by atomic mass is 79.9. The van der Waals surface area contributed by atoms with E-state index in [9.17, 15) is 15.3 Å². The maximum absolute atomic E-state index is 9.31. The Bertz CT molecular complexity index is 474. The number of halogens is 1. The van der Waals surface area contributed by atoms with Crippen LogP contribution >= 0.6 is 15.9 Å². The van der Waals surface area contributed by atoms with Crippen molar-refractivity contribution in [3.63, 3.8) is 0 Å². The molecular formula is C15H25BrN2O3. The zero-order chi connectivity index (χ0) is 16.3. The first-order valence-electron chi connectivity index (χ1n) is 6.85.